The van der Waals surface area contributed by atoms with Gasteiger partial charge in [0.25, 0.3) is 0 Å². The fourth-order valence-electron chi connectivity index (χ4n) is 8.18. The van der Waals surface area contributed by atoms with Gasteiger partial charge in [-0.2, -0.15) is 0 Å². The van der Waals surface area contributed by atoms with Crippen LogP contribution in [-0.2, 0) is 57.1 Å². The van der Waals surface area contributed by atoms with Crippen molar-refractivity contribution in [2.24, 2.45) is 0 Å². The molecular formula is C50H78O12SSi2. The first-order valence-corrected chi connectivity index (χ1v) is 29.3. The maximum Gasteiger partial charge on any atom is 0.500 e. The van der Waals surface area contributed by atoms with E-state index in [2.05, 4.69) is 0 Å². The lowest BCUT2D eigenvalue weighted by Crippen LogP contribution is -2.46. The second kappa shape index (κ2) is 26.6. The Morgan fingerprint density at radius 3 is 1.09 bits per heavy atom. The molecule has 4 rings (SSSR count). The van der Waals surface area contributed by atoms with Gasteiger partial charge in [-0.05, 0) is 131 Å². The van der Waals surface area contributed by atoms with Crippen molar-refractivity contribution in [2.45, 2.75) is 141 Å². The zero-order valence-corrected chi connectivity index (χ0v) is 43.6. The lowest BCUT2D eigenvalue weighted by Gasteiger charge is -2.35. The number of sulfone groups is 1. The molecule has 12 nitrogen and oxygen atoms in total. The Hall–Kier alpha value is -2.94. The van der Waals surface area contributed by atoms with Crippen molar-refractivity contribution in [2.75, 3.05) is 52.9 Å². The normalized spacial score (nSPS) is 21.2. The zero-order chi connectivity index (χ0) is 47.4. The number of hydrogen-bond donors (Lipinski definition) is 0. The van der Waals surface area contributed by atoms with Gasteiger partial charge in [0.1, 0.15) is 22.7 Å². The Kier molecular flexibility index (Phi) is 22.3. The molecule has 0 amide bonds. The Morgan fingerprint density at radius 1 is 0.492 bits per heavy atom. The first kappa shape index (κ1) is 54.7. The molecule has 2 aromatic rings. The van der Waals surface area contributed by atoms with Crippen molar-refractivity contribution in [1.29, 1.82) is 0 Å². The first-order valence-electron chi connectivity index (χ1n) is 23.9. The zero-order valence-electron chi connectivity index (χ0n) is 40.8. The number of unbranched alkanes of at least 4 members (excludes halogenated alkanes) is 2. The highest BCUT2D eigenvalue weighted by atomic mass is 32.2. The Labute approximate surface area is 393 Å². The van der Waals surface area contributed by atoms with E-state index < -0.39 is 49.1 Å². The molecule has 0 atom stereocenters. The number of rotatable bonds is 32. The molecule has 0 aromatic heterocycles. The third-order valence-corrected chi connectivity index (χ3v) is 19.3. The van der Waals surface area contributed by atoms with Crippen LogP contribution in [0.3, 0.4) is 0 Å². The third-order valence-electron chi connectivity index (χ3n) is 10.9. The van der Waals surface area contributed by atoms with E-state index in [1.54, 1.807) is 24.3 Å². The van der Waals surface area contributed by atoms with Gasteiger partial charge < -0.3 is 45.5 Å². The van der Waals surface area contributed by atoms with Gasteiger partial charge in [-0.1, -0.05) is 60.7 Å². The number of hydrogen-bond acceptors (Lipinski definition) is 12. The highest BCUT2D eigenvalue weighted by Gasteiger charge is 2.43. The highest BCUT2D eigenvalue weighted by molar-refractivity contribution is 7.93. The van der Waals surface area contributed by atoms with Gasteiger partial charge in [0, 0.05) is 76.1 Å². The fraction of sp³-hybridized carbons (Fsp3) is 0.600. The topological polar surface area (TPSA) is 126 Å². The molecule has 0 heterocycles. The van der Waals surface area contributed by atoms with E-state index in [4.69, 9.17) is 45.5 Å². The number of ether oxygens (including phenoxy) is 4. The van der Waals surface area contributed by atoms with Gasteiger partial charge in [0.05, 0.1) is 22.7 Å². The van der Waals surface area contributed by atoms with Crippen LogP contribution >= 0.6 is 0 Å². The van der Waals surface area contributed by atoms with Crippen LogP contribution in [-0.4, -0.2) is 102 Å². The molecule has 0 saturated carbocycles. The van der Waals surface area contributed by atoms with Crippen LogP contribution in [0.5, 0.6) is 11.5 Å². The SMILES string of the molecule is CCO[Si](CCCCOC1(c2ccccc2OC(C)C)C=CC(S(=O)(=O)C2C=CC(OCCCC[Si](OCC)(OCC)OCC)(c3ccccc3OC(C)C)C=C2)C=C1)(OCC)OCC. The highest BCUT2D eigenvalue weighted by Crippen LogP contribution is 2.42. The van der Waals surface area contributed by atoms with Crippen molar-refractivity contribution < 1.29 is 53.9 Å². The average molecular weight is 959 g/mol. The molecule has 2 aliphatic rings. The Morgan fingerprint density at radius 2 is 0.800 bits per heavy atom. The van der Waals surface area contributed by atoms with Crippen LogP contribution in [0, 0.1) is 0 Å². The number of para-hydroxylation sites is 2. The molecule has 15 heteroatoms. The smallest absolute Gasteiger partial charge is 0.491 e. The van der Waals surface area contributed by atoms with E-state index >= 15 is 0 Å². The molecule has 2 aromatic carbocycles. The third kappa shape index (κ3) is 15.0. The second-order valence-corrected chi connectivity index (χ2v) is 24.2. The van der Waals surface area contributed by atoms with Gasteiger partial charge in [-0.25, -0.2) is 8.42 Å². The van der Waals surface area contributed by atoms with Gasteiger partial charge >= 0.3 is 17.6 Å². The summed E-state index contributed by atoms with van der Waals surface area (Å²) >= 11 is 0. The van der Waals surface area contributed by atoms with Crippen LogP contribution in [0.25, 0.3) is 0 Å². The summed E-state index contributed by atoms with van der Waals surface area (Å²) in [6.07, 6.45) is 17.2. The molecular weight excluding hydrogens is 881 g/mol. The van der Waals surface area contributed by atoms with E-state index in [1.807, 2.05) is 142 Å². The molecule has 0 unspecified atom stereocenters. The van der Waals surface area contributed by atoms with Crippen LogP contribution in [0.4, 0.5) is 0 Å². The summed E-state index contributed by atoms with van der Waals surface area (Å²) in [7, 11) is -9.45. The van der Waals surface area contributed by atoms with Crippen LogP contribution < -0.4 is 9.47 Å². The van der Waals surface area contributed by atoms with E-state index in [0.717, 1.165) is 24.0 Å². The molecule has 364 valence electrons. The molecule has 0 saturated heterocycles. The fourth-order valence-corrected chi connectivity index (χ4v) is 15.1. The monoisotopic (exact) mass is 958 g/mol. The quantitative estimate of drug-likeness (QED) is 0.0394. The van der Waals surface area contributed by atoms with E-state index in [1.165, 1.54) is 0 Å². The lowest BCUT2D eigenvalue weighted by atomic mass is 9.88. The standard InChI is InChI=1S/C50H78O12SSi2/c1-11-55-64(56-12-2,57-13-3)39-23-21-37-53-49(45-25-17-19-27-47(45)61-41(7)8)33-29-43(30-34-49)63(51,52)44-31-35-50(36-32-44,46-26-18-20-28-48(46)62-42(9)10)54-38-22-24-40-65(58-14-4,59-15-5)60-16-6/h17-20,25-36,41-44H,11-16,21-24,37-40H2,1-10H3. The summed E-state index contributed by atoms with van der Waals surface area (Å²) in [4.78, 5) is 0. The number of benzene rings is 2. The summed E-state index contributed by atoms with van der Waals surface area (Å²) in [5, 5.41) is -1.83. The second-order valence-electron chi connectivity index (χ2n) is 16.4. The van der Waals surface area contributed by atoms with Crippen molar-refractivity contribution in [1.82, 2.24) is 0 Å². The molecule has 0 N–H and O–H groups in total. The molecule has 0 spiro atoms. The summed E-state index contributed by atoms with van der Waals surface area (Å²) in [6.45, 7) is 23.5. The average Bonchev–Trinajstić information content (AvgIpc) is 3.27. The van der Waals surface area contributed by atoms with Gasteiger partial charge in [-0.3, -0.25) is 0 Å². The van der Waals surface area contributed by atoms with E-state index in [9.17, 15) is 8.42 Å². The lowest BCUT2D eigenvalue weighted by molar-refractivity contribution is 0.0180. The summed E-state index contributed by atoms with van der Waals surface area (Å²) in [5.74, 6) is 1.34. The molecule has 0 radical (unpaired) electrons. The Bertz CT molecular complexity index is 1750. The molecule has 0 fully saturated rings. The van der Waals surface area contributed by atoms with E-state index in [0.29, 0.717) is 89.3 Å². The summed E-state index contributed by atoms with van der Waals surface area (Å²) < 4.78 is 91.7. The summed E-state index contributed by atoms with van der Waals surface area (Å²) in [6, 6.07) is 16.9. The van der Waals surface area contributed by atoms with Gasteiger partial charge in [0.15, 0.2) is 9.84 Å². The molecule has 0 aliphatic heterocycles. The Balaban J connectivity index is 1.58. The molecule has 2 aliphatic carbocycles. The van der Waals surface area contributed by atoms with Crippen LogP contribution in [0.1, 0.15) is 106 Å². The molecule has 65 heavy (non-hydrogen) atoms. The van der Waals surface area contributed by atoms with Crippen molar-refractivity contribution >= 4 is 27.4 Å². The first-order chi connectivity index (χ1) is 31.2. The minimum absolute atomic E-state index is 0.0844. The van der Waals surface area contributed by atoms with Crippen LogP contribution in [0.2, 0.25) is 12.1 Å². The molecule has 0 bridgehead atoms. The largest absolute Gasteiger partial charge is 0.500 e. The predicted molar refractivity (Wildman–Crippen MR) is 262 cm³/mol. The van der Waals surface area contributed by atoms with Crippen molar-refractivity contribution in [3.63, 3.8) is 0 Å². The minimum Gasteiger partial charge on any atom is -0.491 e. The van der Waals surface area contributed by atoms with Gasteiger partial charge in [-0.15, -0.1) is 0 Å². The van der Waals surface area contributed by atoms with Crippen LogP contribution in [0.15, 0.2) is 97.1 Å². The maximum absolute atomic E-state index is 14.6. The summed E-state index contributed by atoms with van der Waals surface area (Å²) in [5.41, 5.74) is -0.545. The minimum atomic E-state index is -3.83. The van der Waals surface area contributed by atoms with Crippen molar-refractivity contribution in [3.8, 4) is 11.5 Å². The van der Waals surface area contributed by atoms with E-state index in [-0.39, 0.29) is 12.2 Å². The predicted octanol–water partition coefficient (Wildman–Crippen LogP) is 10.4. The van der Waals surface area contributed by atoms with Crippen molar-refractivity contribution in [3.05, 3.63) is 108 Å². The maximum atomic E-state index is 14.6. The van der Waals surface area contributed by atoms with Gasteiger partial charge in [0.2, 0.25) is 0 Å².